The molecule has 180 valence electrons. The maximum Gasteiger partial charge on any atom is 0.0708 e. The number of hydrogen-bond acceptors (Lipinski definition) is 2. The summed E-state index contributed by atoms with van der Waals surface area (Å²) in [6, 6.07) is 42.8. The fourth-order valence-corrected chi connectivity index (χ4v) is 5.30. The average molecular weight is 488 g/mol. The van der Waals surface area contributed by atoms with Crippen LogP contribution in [-0.2, 0) is 0 Å². The van der Waals surface area contributed by atoms with Gasteiger partial charge in [0.05, 0.1) is 22.4 Å². The summed E-state index contributed by atoms with van der Waals surface area (Å²) >= 11 is 0. The van der Waals surface area contributed by atoms with Gasteiger partial charge in [0.1, 0.15) is 0 Å². The van der Waals surface area contributed by atoms with Gasteiger partial charge in [-0.25, -0.2) is 0 Å². The van der Waals surface area contributed by atoms with Crippen LogP contribution < -0.4 is 0 Å². The van der Waals surface area contributed by atoms with Crippen molar-refractivity contribution in [3.05, 3.63) is 139 Å². The number of aromatic nitrogens is 3. The van der Waals surface area contributed by atoms with Crippen molar-refractivity contribution in [1.82, 2.24) is 14.5 Å². The van der Waals surface area contributed by atoms with Crippen LogP contribution in [0.3, 0.4) is 0 Å². The lowest BCUT2D eigenvalue weighted by Crippen LogP contribution is -1.95. The molecule has 0 amide bonds. The minimum Gasteiger partial charge on any atom is -0.309 e. The van der Waals surface area contributed by atoms with Gasteiger partial charge in [-0.3, -0.25) is 9.97 Å². The highest BCUT2D eigenvalue weighted by molar-refractivity contribution is 6.10. The summed E-state index contributed by atoms with van der Waals surface area (Å²) < 4.78 is 2.36. The van der Waals surface area contributed by atoms with Crippen molar-refractivity contribution >= 4 is 21.8 Å². The van der Waals surface area contributed by atoms with E-state index in [4.69, 9.17) is 4.98 Å². The smallest absolute Gasteiger partial charge is 0.0708 e. The molecule has 3 aromatic heterocycles. The van der Waals surface area contributed by atoms with Crippen molar-refractivity contribution in [2.45, 2.75) is 6.92 Å². The normalized spacial score (nSPS) is 11.3. The number of aryl methyl sites for hydroxylation is 1. The summed E-state index contributed by atoms with van der Waals surface area (Å²) in [4.78, 5) is 9.37. The first-order valence-corrected chi connectivity index (χ1v) is 12.8. The predicted octanol–water partition coefficient (Wildman–Crippen LogP) is 8.88. The van der Waals surface area contributed by atoms with Crippen LogP contribution >= 0.6 is 0 Å². The van der Waals surface area contributed by atoms with E-state index in [0.717, 1.165) is 39.3 Å². The molecule has 0 saturated heterocycles. The lowest BCUT2D eigenvalue weighted by molar-refractivity contribution is 1.18. The second-order valence-electron chi connectivity index (χ2n) is 9.65. The molecule has 3 heteroatoms. The van der Waals surface area contributed by atoms with Crippen molar-refractivity contribution in [1.29, 1.82) is 0 Å². The highest BCUT2D eigenvalue weighted by atomic mass is 15.0. The second-order valence-corrected chi connectivity index (χ2v) is 9.65. The van der Waals surface area contributed by atoms with Gasteiger partial charge in [-0.05, 0) is 72.1 Å². The summed E-state index contributed by atoms with van der Waals surface area (Å²) in [6.45, 7) is 2.10. The summed E-state index contributed by atoms with van der Waals surface area (Å²) in [7, 11) is 0. The molecule has 0 N–H and O–H groups in total. The quantitative estimate of drug-likeness (QED) is 0.248. The SMILES string of the molecule is Cc1ccnc(-c2cccc(-n3c4ccccc4c4ccc(-c5cc(-c6ccccc6)ccn5)cc43)c2)c1. The Morgan fingerprint density at radius 1 is 0.474 bits per heavy atom. The van der Waals surface area contributed by atoms with E-state index in [9.17, 15) is 0 Å². The number of fused-ring (bicyclic) bond motifs is 3. The van der Waals surface area contributed by atoms with Crippen molar-refractivity contribution in [2.24, 2.45) is 0 Å². The first-order valence-electron chi connectivity index (χ1n) is 12.8. The molecule has 0 aliphatic rings. The minimum absolute atomic E-state index is 0.961. The van der Waals surface area contributed by atoms with Crippen LogP contribution in [0.1, 0.15) is 5.56 Å². The molecule has 0 atom stereocenters. The van der Waals surface area contributed by atoms with Gasteiger partial charge in [-0.1, -0.05) is 72.8 Å². The van der Waals surface area contributed by atoms with E-state index in [-0.39, 0.29) is 0 Å². The zero-order valence-corrected chi connectivity index (χ0v) is 21.0. The van der Waals surface area contributed by atoms with E-state index in [1.165, 1.54) is 27.4 Å². The molecule has 0 aliphatic heterocycles. The van der Waals surface area contributed by atoms with Gasteiger partial charge in [0.15, 0.2) is 0 Å². The molecule has 7 rings (SSSR count). The molecule has 4 aromatic carbocycles. The molecular formula is C35H25N3. The molecule has 0 saturated carbocycles. The first kappa shape index (κ1) is 22.2. The third-order valence-corrected chi connectivity index (χ3v) is 7.15. The predicted molar refractivity (Wildman–Crippen MR) is 157 cm³/mol. The summed E-state index contributed by atoms with van der Waals surface area (Å²) in [5.41, 5.74) is 11.1. The molecule has 38 heavy (non-hydrogen) atoms. The Hall–Kier alpha value is -5.02. The van der Waals surface area contributed by atoms with Gasteiger partial charge in [-0.2, -0.15) is 0 Å². The highest BCUT2D eigenvalue weighted by Gasteiger charge is 2.14. The third kappa shape index (κ3) is 3.86. The lowest BCUT2D eigenvalue weighted by atomic mass is 10.0. The van der Waals surface area contributed by atoms with Gasteiger partial charge in [0.2, 0.25) is 0 Å². The number of para-hydroxylation sites is 1. The lowest BCUT2D eigenvalue weighted by Gasteiger charge is -2.11. The molecular weight excluding hydrogens is 462 g/mol. The zero-order chi connectivity index (χ0) is 25.5. The first-order chi connectivity index (χ1) is 18.7. The number of nitrogens with zero attached hydrogens (tertiary/aromatic N) is 3. The monoisotopic (exact) mass is 487 g/mol. The Morgan fingerprint density at radius 3 is 2.05 bits per heavy atom. The topological polar surface area (TPSA) is 30.7 Å². The molecule has 3 nitrogen and oxygen atoms in total. The zero-order valence-electron chi connectivity index (χ0n) is 21.0. The van der Waals surface area contributed by atoms with Crippen LogP contribution in [0.5, 0.6) is 0 Å². The van der Waals surface area contributed by atoms with Gasteiger partial charge < -0.3 is 4.57 Å². The van der Waals surface area contributed by atoms with Crippen LogP contribution in [-0.4, -0.2) is 14.5 Å². The molecule has 0 aliphatic carbocycles. The van der Waals surface area contributed by atoms with Crippen molar-refractivity contribution in [3.63, 3.8) is 0 Å². The average Bonchev–Trinajstić information content (AvgIpc) is 3.31. The minimum atomic E-state index is 0.961. The van der Waals surface area contributed by atoms with Crippen LogP contribution in [0, 0.1) is 6.92 Å². The molecule has 7 aromatic rings. The Balaban J connectivity index is 1.42. The van der Waals surface area contributed by atoms with Crippen molar-refractivity contribution < 1.29 is 0 Å². The molecule has 0 fully saturated rings. The van der Waals surface area contributed by atoms with E-state index < -0.39 is 0 Å². The van der Waals surface area contributed by atoms with Crippen LogP contribution in [0.15, 0.2) is 134 Å². The number of rotatable bonds is 4. The Bertz CT molecular complexity index is 1930. The molecule has 0 bridgehead atoms. The van der Waals surface area contributed by atoms with E-state index >= 15 is 0 Å². The fourth-order valence-electron chi connectivity index (χ4n) is 5.30. The largest absolute Gasteiger partial charge is 0.309 e. The van der Waals surface area contributed by atoms with Crippen molar-refractivity contribution in [3.8, 4) is 39.3 Å². The Labute approximate surface area is 221 Å². The van der Waals surface area contributed by atoms with Crippen LogP contribution in [0.2, 0.25) is 0 Å². The molecule has 0 unspecified atom stereocenters. The van der Waals surface area contributed by atoms with Gasteiger partial charge in [0, 0.05) is 40.0 Å². The third-order valence-electron chi connectivity index (χ3n) is 7.15. The fraction of sp³-hybridized carbons (Fsp3) is 0.0286. The Morgan fingerprint density at radius 2 is 1.18 bits per heavy atom. The van der Waals surface area contributed by atoms with Gasteiger partial charge in [0.25, 0.3) is 0 Å². The van der Waals surface area contributed by atoms with E-state index in [2.05, 4.69) is 126 Å². The molecule has 0 radical (unpaired) electrons. The van der Waals surface area contributed by atoms with Crippen LogP contribution in [0.4, 0.5) is 0 Å². The highest BCUT2D eigenvalue weighted by Crippen LogP contribution is 2.36. The van der Waals surface area contributed by atoms with Crippen molar-refractivity contribution in [2.75, 3.05) is 0 Å². The maximum absolute atomic E-state index is 4.74. The molecule has 3 heterocycles. The van der Waals surface area contributed by atoms with Crippen LogP contribution in [0.25, 0.3) is 61.1 Å². The van der Waals surface area contributed by atoms with E-state index in [1.54, 1.807) is 0 Å². The van der Waals surface area contributed by atoms with E-state index in [0.29, 0.717) is 0 Å². The van der Waals surface area contributed by atoms with E-state index in [1.807, 2.05) is 24.5 Å². The molecule has 0 spiro atoms. The summed E-state index contributed by atoms with van der Waals surface area (Å²) in [5.74, 6) is 0. The van der Waals surface area contributed by atoms with Gasteiger partial charge in [-0.15, -0.1) is 0 Å². The maximum atomic E-state index is 4.74. The number of pyridine rings is 2. The standard InChI is InChI=1S/C35H25N3/c1-24-16-18-36-32(20-24)27-10-7-11-29(21-27)38-34-13-6-5-12-30(34)31-15-14-28(23-35(31)38)33-22-26(17-19-37-33)25-8-3-2-4-9-25/h2-23H,1H3. The summed E-state index contributed by atoms with van der Waals surface area (Å²) in [5, 5.41) is 2.46. The Kier molecular flexibility index (Phi) is 5.33. The number of benzene rings is 4. The summed E-state index contributed by atoms with van der Waals surface area (Å²) in [6.07, 6.45) is 3.77. The second kappa shape index (κ2) is 9.13. The number of hydrogen-bond donors (Lipinski definition) is 0. The van der Waals surface area contributed by atoms with Gasteiger partial charge >= 0.3 is 0 Å².